The molecule has 5 nitrogen and oxygen atoms in total. The number of hydrogen-bond donors (Lipinski definition) is 1. The number of carbonyl (C=O) groups excluding carboxylic acids is 1. The second-order valence-electron chi connectivity index (χ2n) is 6.50. The molecule has 1 heterocycles. The van der Waals surface area contributed by atoms with Crippen molar-refractivity contribution in [1.29, 1.82) is 0 Å². The molecular formula is C20H21ClN4OS. The molecule has 0 saturated carbocycles. The smallest absolute Gasteiger partial charge is 0.230 e. The number of rotatable bonds is 6. The number of benzene rings is 2. The van der Waals surface area contributed by atoms with E-state index in [2.05, 4.69) is 15.5 Å². The zero-order valence-electron chi connectivity index (χ0n) is 15.4. The Kier molecular flexibility index (Phi) is 6.19. The molecule has 0 aliphatic heterocycles. The molecule has 0 atom stereocenters. The molecule has 0 aliphatic carbocycles. The first-order valence-corrected chi connectivity index (χ1v) is 10.0. The molecular weight excluding hydrogens is 380 g/mol. The van der Waals surface area contributed by atoms with E-state index in [4.69, 9.17) is 11.6 Å². The highest BCUT2D eigenvalue weighted by Gasteiger charge is 2.17. The van der Waals surface area contributed by atoms with Crippen molar-refractivity contribution < 1.29 is 4.79 Å². The van der Waals surface area contributed by atoms with Gasteiger partial charge in [-0.3, -0.25) is 9.36 Å². The lowest BCUT2D eigenvalue weighted by molar-refractivity contribution is -0.119. The normalized spacial score (nSPS) is 11.0. The molecule has 2 aromatic carbocycles. The van der Waals surface area contributed by atoms with Gasteiger partial charge in [0.2, 0.25) is 5.91 Å². The number of aryl methyl sites for hydroxylation is 1. The van der Waals surface area contributed by atoms with Gasteiger partial charge in [-0.25, -0.2) is 0 Å². The van der Waals surface area contributed by atoms with Crippen molar-refractivity contribution >= 4 is 29.3 Å². The topological polar surface area (TPSA) is 59.8 Å². The zero-order chi connectivity index (χ0) is 19.4. The van der Waals surface area contributed by atoms with Gasteiger partial charge in [0, 0.05) is 16.6 Å². The first kappa shape index (κ1) is 19.5. The van der Waals surface area contributed by atoms with Gasteiger partial charge in [0.1, 0.15) is 0 Å². The Morgan fingerprint density at radius 1 is 1.19 bits per heavy atom. The molecule has 0 spiro atoms. The van der Waals surface area contributed by atoms with Crippen LogP contribution in [0.4, 0.5) is 0 Å². The molecule has 1 amide bonds. The summed E-state index contributed by atoms with van der Waals surface area (Å²) >= 11 is 7.54. The Morgan fingerprint density at radius 3 is 2.59 bits per heavy atom. The first-order chi connectivity index (χ1) is 12.9. The maximum atomic E-state index is 12.0. The van der Waals surface area contributed by atoms with E-state index < -0.39 is 0 Å². The SMILES string of the molecule is Cc1ccc(-c2nnc(SCC(=O)NC(C)C)n2-c2cccc(Cl)c2)cc1. The van der Waals surface area contributed by atoms with Crippen LogP contribution in [0.2, 0.25) is 5.02 Å². The number of aromatic nitrogens is 3. The summed E-state index contributed by atoms with van der Waals surface area (Å²) in [6, 6.07) is 15.7. The van der Waals surface area contributed by atoms with Crippen LogP contribution in [0.3, 0.4) is 0 Å². The van der Waals surface area contributed by atoms with Crippen LogP contribution in [0.1, 0.15) is 19.4 Å². The number of hydrogen-bond acceptors (Lipinski definition) is 4. The summed E-state index contributed by atoms with van der Waals surface area (Å²) in [5, 5.41) is 12.9. The molecule has 0 bridgehead atoms. The van der Waals surface area contributed by atoms with Crippen LogP contribution in [-0.4, -0.2) is 32.5 Å². The third-order valence-corrected chi connectivity index (χ3v) is 4.96. The number of amides is 1. The molecule has 0 saturated heterocycles. The Bertz CT molecular complexity index is 937. The fraction of sp³-hybridized carbons (Fsp3) is 0.250. The van der Waals surface area contributed by atoms with Crippen molar-refractivity contribution in [2.24, 2.45) is 0 Å². The molecule has 140 valence electrons. The molecule has 3 rings (SSSR count). The largest absolute Gasteiger partial charge is 0.353 e. The maximum Gasteiger partial charge on any atom is 0.230 e. The van der Waals surface area contributed by atoms with Crippen LogP contribution in [0.15, 0.2) is 53.7 Å². The lowest BCUT2D eigenvalue weighted by atomic mass is 10.1. The highest BCUT2D eigenvalue weighted by molar-refractivity contribution is 7.99. The molecule has 7 heteroatoms. The number of nitrogens with zero attached hydrogens (tertiary/aromatic N) is 3. The number of thioether (sulfide) groups is 1. The van der Waals surface area contributed by atoms with Gasteiger partial charge >= 0.3 is 0 Å². The Balaban J connectivity index is 1.98. The van der Waals surface area contributed by atoms with Gasteiger partial charge in [-0.1, -0.05) is 59.3 Å². The van der Waals surface area contributed by atoms with Crippen LogP contribution in [-0.2, 0) is 4.79 Å². The summed E-state index contributed by atoms with van der Waals surface area (Å²) in [6.07, 6.45) is 0. The van der Waals surface area contributed by atoms with Gasteiger partial charge in [0.25, 0.3) is 0 Å². The molecule has 27 heavy (non-hydrogen) atoms. The van der Waals surface area contributed by atoms with Crippen LogP contribution >= 0.6 is 23.4 Å². The predicted molar refractivity (Wildman–Crippen MR) is 111 cm³/mol. The monoisotopic (exact) mass is 400 g/mol. The number of nitrogens with one attached hydrogen (secondary N) is 1. The van der Waals surface area contributed by atoms with Crippen molar-refractivity contribution in [3.63, 3.8) is 0 Å². The minimum Gasteiger partial charge on any atom is -0.353 e. The van der Waals surface area contributed by atoms with E-state index in [0.717, 1.165) is 11.3 Å². The second-order valence-corrected chi connectivity index (χ2v) is 7.88. The first-order valence-electron chi connectivity index (χ1n) is 8.64. The second kappa shape index (κ2) is 8.59. The minimum absolute atomic E-state index is 0.0347. The quantitative estimate of drug-likeness (QED) is 0.618. The van der Waals surface area contributed by atoms with E-state index >= 15 is 0 Å². The summed E-state index contributed by atoms with van der Waals surface area (Å²) in [5.74, 6) is 0.946. The summed E-state index contributed by atoms with van der Waals surface area (Å²) in [6.45, 7) is 5.92. The predicted octanol–water partition coefficient (Wildman–Crippen LogP) is 4.51. The Hall–Kier alpha value is -2.31. The fourth-order valence-electron chi connectivity index (χ4n) is 2.59. The highest BCUT2D eigenvalue weighted by atomic mass is 35.5. The summed E-state index contributed by atoms with van der Waals surface area (Å²) in [5.41, 5.74) is 2.98. The average Bonchev–Trinajstić information content (AvgIpc) is 3.04. The molecule has 1 aromatic heterocycles. The summed E-state index contributed by atoms with van der Waals surface area (Å²) < 4.78 is 1.93. The van der Waals surface area contributed by atoms with Crippen molar-refractivity contribution in [2.45, 2.75) is 32.0 Å². The van der Waals surface area contributed by atoms with Crippen LogP contribution in [0.5, 0.6) is 0 Å². The van der Waals surface area contributed by atoms with E-state index in [9.17, 15) is 4.79 Å². The maximum absolute atomic E-state index is 12.0. The van der Waals surface area contributed by atoms with Gasteiger partial charge in [0.15, 0.2) is 11.0 Å². The molecule has 1 N–H and O–H groups in total. The third kappa shape index (κ3) is 4.90. The standard InChI is InChI=1S/C20H21ClN4OS/c1-13(2)22-18(26)12-27-20-24-23-19(15-9-7-14(3)8-10-15)25(20)17-6-4-5-16(21)11-17/h4-11,13H,12H2,1-3H3,(H,22,26). The number of halogens is 1. The highest BCUT2D eigenvalue weighted by Crippen LogP contribution is 2.29. The average molecular weight is 401 g/mol. The fourth-order valence-corrected chi connectivity index (χ4v) is 3.54. The van der Waals surface area contributed by atoms with Gasteiger partial charge in [-0.05, 0) is 39.0 Å². The Labute approximate surface area is 168 Å². The van der Waals surface area contributed by atoms with E-state index in [1.165, 1.54) is 17.3 Å². The minimum atomic E-state index is -0.0347. The van der Waals surface area contributed by atoms with Crippen LogP contribution in [0.25, 0.3) is 17.1 Å². The van der Waals surface area contributed by atoms with Crippen molar-refractivity contribution in [3.8, 4) is 17.1 Å². The summed E-state index contributed by atoms with van der Waals surface area (Å²) in [4.78, 5) is 12.0. The molecule has 0 radical (unpaired) electrons. The number of carbonyl (C=O) groups is 1. The van der Waals surface area contributed by atoms with Gasteiger partial charge < -0.3 is 5.32 Å². The van der Waals surface area contributed by atoms with Gasteiger partial charge in [0.05, 0.1) is 11.4 Å². The van der Waals surface area contributed by atoms with Crippen molar-refractivity contribution in [2.75, 3.05) is 5.75 Å². The van der Waals surface area contributed by atoms with Gasteiger partial charge in [-0.15, -0.1) is 10.2 Å². The molecule has 0 unspecified atom stereocenters. The zero-order valence-corrected chi connectivity index (χ0v) is 17.0. The van der Waals surface area contributed by atoms with E-state index in [1.807, 2.05) is 73.9 Å². The summed E-state index contributed by atoms with van der Waals surface area (Å²) in [7, 11) is 0. The third-order valence-electron chi connectivity index (χ3n) is 3.79. The van der Waals surface area contributed by atoms with Crippen LogP contribution < -0.4 is 5.32 Å². The van der Waals surface area contributed by atoms with E-state index in [1.54, 1.807) is 0 Å². The van der Waals surface area contributed by atoms with E-state index in [-0.39, 0.29) is 17.7 Å². The lowest BCUT2D eigenvalue weighted by Gasteiger charge is -2.11. The van der Waals surface area contributed by atoms with Gasteiger partial charge in [-0.2, -0.15) is 0 Å². The Morgan fingerprint density at radius 2 is 1.93 bits per heavy atom. The molecule has 0 aliphatic rings. The molecule has 0 fully saturated rings. The van der Waals surface area contributed by atoms with Crippen LogP contribution in [0, 0.1) is 6.92 Å². The van der Waals surface area contributed by atoms with Crippen molar-refractivity contribution in [1.82, 2.24) is 20.1 Å². The van der Waals surface area contributed by atoms with E-state index in [0.29, 0.717) is 16.0 Å². The molecule has 3 aromatic rings. The lowest BCUT2D eigenvalue weighted by Crippen LogP contribution is -2.31. The van der Waals surface area contributed by atoms with Crippen molar-refractivity contribution in [3.05, 3.63) is 59.1 Å².